The van der Waals surface area contributed by atoms with E-state index in [1.54, 1.807) is 0 Å². The van der Waals surface area contributed by atoms with Crippen molar-refractivity contribution in [3.8, 4) is 0 Å². The first-order chi connectivity index (χ1) is 8.58. The predicted molar refractivity (Wildman–Crippen MR) is 85.4 cm³/mol. The van der Waals surface area contributed by atoms with Crippen LogP contribution in [0.5, 0.6) is 0 Å². The van der Waals surface area contributed by atoms with E-state index >= 15 is 0 Å². The monoisotopic (exact) mass is 387 g/mol. The lowest BCUT2D eigenvalue weighted by molar-refractivity contribution is 1.13. The summed E-state index contributed by atoms with van der Waals surface area (Å²) in [6.07, 6.45) is 0. The van der Waals surface area contributed by atoms with Crippen LogP contribution in [0.4, 0.5) is 5.69 Å². The van der Waals surface area contributed by atoms with Gasteiger partial charge in [0.05, 0.1) is 5.69 Å². The third-order valence-electron chi connectivity index (χ3n) is 2.68. The van der Waals surface area contributed by atoms with Crippen molar-refractivity contribution in [2.24, 2.45) is 0 Å². The Balaban J connectivity index is 2.16. The molecule has 2 rings (SSSR count). The van der Waals surface area contributed by atoms with Crippen molar-refractivity contribution >= 4 is 49.1 Å². The molecule has 0 spiro atoms. The summed E-state index contributed by atoms with van der Waals surface area (Å²) in [5, 5.41) is 4.15. The Hall–Kier alpha value is -0.510. The molecule has 0 amide bonds. The highest BCUT2D eigenvalue weighted by atomic mass is 79.9. The van der Waals surface area contributed by atoms with E-state index in [1.165, 1.54) is 5.56 Å². The van der Waals surface area contributed by atoms with Crippen LogP contribution in [0.15, 0.2) is 45.3 Å². The van der Waals surface area contributed by atoms with Crippen LogP contribution in [-0.2, 0) is 6.54 Å². The maximum Gasteiger partial charge on any atom is 0.0502 e. The molecule has 2 aromatic rings. The zero-order valence-corrected chi connectivity index (χ0v) is 13.7. The van der Waals surface area contributed by atoms with Crippen molar-refractivity contribution in [2.75, 3.05) is 5.32 Å². The molecule has 1 N–H and O–H groups in total. The van der Waals surface area contributed by atoms with Gasteiger partial charge >= 0.3 is 0 Å². The highest BCUT2D eigenvalue weighted by molar-refractivity contribution is 9.11. The number of benzene rings is 2. The minimum Gasteiger partial charge on any atom is -0.380 e. The largest absolute Gasteiger partial charge is 0.380 e. The van der Waals surface area contributed by atoms with Crippen molar-refractivity contribution in [1.29, 1.82) is 0 Å². The predicted octanol–water partition coefficient (Wildman–Crippen LogP) is 5.79. The molecule has 2 aromatic carbocycles. The number of hydrogen-bond donors (Lipinski definition) is 1. The van der Waals surface area contributed by atoms with Gasteiger partial charge in [-0.25, -0.2) is 0 Å². The molecule has 1 nitrogen and oxygen atoms in total. The quantitative estimate of drug-likeness (QED) is 0.701. The molecule has 0 aliphatic carbocycles. The molecule has 0 aromatic heterocycles. The SMILES string of the molecule is Cc1cc(Br)c(NCc2ccccc2Br)cc1Cl. The van der Waals surface area contributed by atoms with Crippen LogP contribution in [-0.4, -0.2) is 0 Å². The third-order valence-corrected chi connectivity index (χ3v) is 4.51. The third kappa shape index (κ3) is 3.28. The van der Waals surface area contributed by atoms with Gasteiger partial charge < -0.3 is 5.32 Å². The van der Waals surface area contributed by atoms with E-state index in [-0.39, 0.29) is 0 Å². The van der Waals surface area contributed by atoms with Crippen LogP contribution in [0.2, 0.25) is 5.02 Å². The lowest BCUT2D eigenvalue weighted by Crippen LogP contribution is -2.01. The number of nitrogens with one attached hydrogen (secondary N) is 1. The summed E-state index contributed by atoms with van der Waals surface area (Å²) < 4.78 is 2.13. The second-order valence-electron chi connectivity index (χ2n) is 4.03. The van der Waals surface area contributed by atoms with E-state index in [0.717, 1.165) is 31.8 Å². The smallest absolute Gasteiger partial charge is 0.0502 e. The molecule has 0 bridgehead atoms. The molecule has 18 heavy (non-hydrogen) atoms. The zero-order valence-electron chi connectivity index (χ0n) is 9.81. The van der Waals surface area contributed by atoms with E-state index in [9.17, 15) is 0 Å². The Labute approximate surface area is 129 Å². The summed E-state index contributed by atoms with van der Waals surface area (Å²) in [7, 11) is 0. The Morgan fingerprint density at radius 1 is 1.11 bits per heavy atom. The zero-order chi connectivity index (χ0) is 13.1. The average Bonchev–Trinajstić information content (AvgIpc) is 2.34. The Morgan fingerprint density at radius 3 is 2.56 bits per heavy atom. The molecule has 0 fully saturated rings. The van der Waals surface area contributed by atoms with Gasteiger partial charge in [-0.3, -0.25) is 0 Å². The van der Waals surface area contributed by atoms with Gasteiger partial charge in [-0.15, -0.1) is 0 Å². The van der Waals surface area contributed by atoms with Gasteiger partial charge in [0.1, 0.15) is 0 Å². The standard InChI is InChI=1S/C14H12Br2ClN/c1-9-6-12(16)14(7-13(9)17)18-8-10-4-2-3-5-11(10)15/h2-7,18H,8H2,1H3. The normalized spacial score (nSPS) is 10.4. The first-order valence-corrected chi connectivity index (χ1v) is 7.47. The fraction of sp³-hybridized carbons (Fsp3) is 0.143. The lowest BCUT2D eigenvalue weighted by atomic mass is 10.2. The van der Waals surface area contributed by atoms with E-state index in [2.05, 4.69) is 43.2 Å². The minimum atomic E-state index is 0.749. The molecule has 0 saturated carbocycles. The number of aryl methyl sites for hydroxylation is 1. The van der Waals surface area contributed by atoms with Crippen LogP contribution in [0.1, 0.15) is 11.1 Å². The first kappa shape index (κ1) is 13.9. The number of rotatable bonds is 3. The van der Waals surface area contributed by atoms with Gasteiger partial charge in [-0.05, 0) is 52.2 Å². The van der Waals surface area contributed by atoms with Gasteiger partial charge in [-0.2, -0.15) is 0 Å². The summed E-state index contributed by atoms with van der Waals surface area (Å²) in [6, 6.07) is 12.1. The van der Waals surface area contributed by atoms with Crippen LogP contribution in [0, 0.1) is 6.92 Å². The van der Waals surface area contributed by atoms with Crippen LogP contribution in [0.3, 0.4) is 0 Å². The molecule has 0 heterocycles. The van der Waals surface area contributed by atoms with Crippen molar-refractivity contribution in [2.45, 2.75) is 13.5 Å². The fourth-order valence-electron chi connectivity index (χ4n) is 1.61. The van der Waals surface area contributed by atoms with E-state index in [0.29, 0.717) is 0 Å². The van der Waals surface area contributed by atoms with Crippen molar-refractivity contribution < 1.29 is 0 Å². The summed E-state index contributed by atoms with van der Waals surface area (Å²) in [5.41, 5.74) is 3.28. The van der Waals surface area contributed by atoms with Crippen LogP contribution >= 0.6 is 43.5 Å². The van der Waals surface area contributed by atoms with Gasteiger partial charge in [0.15, 0.2) is 0 Å². The topological polar surface area (TPSA) is 12.0 Å². The Bertz CT molecular complexity index is 570. The Morgan fingerprint density at radius 2 is 1.83 bits per heavy atom. The van der Waals surface area contributed by atoms with Crippen molar-refractivity contribution in [3.63, 3.8) is 0 Å². The lowest BCUT2D eigenvalue weighted by Gasteiger charge is -2.11. The molecule has 0 atom stereocenters. The van der Waals surface area contributed by atoms with Gasteiger partial charge in [0, 0.05) is 20.5 Å². The first-order valence-electron chi connectivity index (χ1n) is 5.51. The highest BCUT2D eigenvalue weighted by Crippen LogP contribution is 2.30. The average molecular weight is 390 g/mol. The molecule has 94 valence electrons. The van der Waals surface area contributed by atoms with Crippen molar-refractivity contribution in [3.05, 3.63) is 61.5 Å². The summed E-state index contributed by atoms with van der Waals surface area (Å²) in [5.74, 6) is 0. The molecule has 0 unspecified atom stereocenters. The van der Waals surface area contributed by atoms with Crippen molar-refractivity contribution in [1.82, 2.24) is 0 Å². The van der Waals surface area contributed by atoms with Crippen LogP contribution < -0.4 is 5.32 Å². The fourth-order valence-corrected chi connectivity index (χ4v) is 2.80. The van der Waals surface area contributed by atoms with Gasteiger partial charge in [0.2, 0.25) is 0 Å². The summed E-state index contributed by atoms with van der Waals surface area (Å²) in [4.78, 5) is 0. The number of anilines is 1. The molecule has 0 radical (unpaired) electrons. The molecule has 0 saturated heterocycles. The molecular formula is C14H12Br2ClN. The molecule has 0 aliphatic heterocycles. The van der Waals surface area contributed by atoms with E-state index < -0.39 is 0 Å². The highest BCUT2D eigenvalue weighted by Gasteiger charge is 2.05. The summed E-state index contributed by atoms with van der Waals surface area (Å²) in [6.45, 7) is 2.74. The minimum absolute atomic E-state index is 0.749. The maximum absolute atomic E-state index is 6.13. The van der Waals surface area contributed by atoms with Gasteiger partial charge in [-0.1, -0.05) is 45.7 Å². The number of hydrogen-bond acceptors (Lipinski definition) is 1. The second kappa shape index (κ2) is 6.09. The Kier molecular flexibility index (Phi) is 4.71. The van der Waals surface area contributed by atoms with Crippen LogP contribution in [0.25, 0.3) is 0 Å². The van der Waals surface area contributed by atoms with Gasteiger partial charge in [0.25, 0.3) is 0 Å². The second-order valence-corrected chi connectivity index (χ2v) is 6.14. The molecule has 0 aliphatic rings. The maximum atomic E-state index is 6.13. The van der Waals surface area contributed by atoms with E-state index in [1.807, 2.05) is 37.3 Å². The van der Waals surface area contributed by atoms with E-state index in [4.69, 9.17) is 11.6 Å². The molecule has 4 heteroatoms. The number of halogens is 3. The summed E-state index contributed by atoms with van der Waals surface area (Å²) >= 11 is 13.2. The molecular weight excluding hydrogens is 377 g/mol.